The van der Waals surface area contributed by atoms with Gasteiger partial charge in [0.1, 0.15) is 10.1 Å². The second-order valence-corrected chi connectivity index (χ2v) is 8.01. The number of fused-ring (bicyclic) bond motifs is 1. The van der Waals surface area contributed by atoms with E-state index in [4.69, 9.17) is 4.74 Å². The van der Waals surface area contributed by atoms with Crippen molar-refractivity contribution in [1.82, 2.24) is 9.97 Å². The van der Waals surface area contributed by atoms with Crippen molar-refractivity contribution in [1.29, 1.82) is 0 Å². The van der Waals surface area contributed by atoms with E-state index in [0.717, 1.165) is 33.1 Å². The summed E-state index contributed by atoms with van der Waals surface area (Å²) in [5.74, 6) is 0.334. The van der Waals surface area contributed by atoms with Gasteiger partial charge in [-0.3, -0.25) is 9.98 Å². The Hall–Kier alpha value is -2.25. The number of hydrogen-bond donors (Lipinski definition) is 0. The van der Waals surface area contributed by atoms with Crippen molar-refractivity contribution in [3.8, 4) is 0 Å². The molecule has 26 heavy (non-hydrogen) atoms. The van der Waals surface area contributed by atoms with Crippen molar-refractivity contribution in [2.45, 2.75) is 18.9 Å². The maximum absolute atomic E-state index is 11.6. The van der Waals surface area contributed by atoms with Crippen molar-refractivity contribution in [2.24, 2.45) is 4.99 Å². The van der Waals surface area contributed by atoms with Crippen LogP contribution in [0.5, 0.6) is 0 Å². The number of benzene rings is 1. The molecule has 132 valence electrons. The SMILES string of the molecule is COC(=O)C1CSC(c2nc3ccc(CCc4cccnc4)cc3s2)=N1. The molecule has 1 aliphatic rings. The first-order valence-electron chi connectivity index (χ1n) is 8.30. The van der Waals surface area contributed by atoms with Gasteiger partial charge >= 0.3 is 5.97 Å². The van der Waals surface area contributed by atoms with Gasteiger partial charge in [-0.2, -0.15) is 0 Å². The summed E-state index contributed by atoms with van der Waals surface area (Å²) in [6.07, 6.45) is 5.64. The minimum absolute atomic E-state index is 0.286. The lowest BCUT2D eigenvalue weighted by Gasteiger charge is -2.01. The van der Waals surface area contributed by atoms with Crippen LogP contribution in [0.25, 0.3) is 10.2 Å². The molecule has 0 radical (unpaired) electrons. The van der Waals surface area contributed by atoms with Crippen LogP contribution in [0.4, 0.5) is 0 Å². The molecule has 0 bridgehead atoms. The normalized spacial score (nSPS) is 16.7. The number of thiazole rings is 1. The Morgan fingerprint density at radius 1 is 1.27 bits per heavy atom. The second kappa shape index (κ2) is 7.55. The smallest absolute Gasteiger partial charge is 0.331 e. The molecule has 0 saturated carbocycles. The van der Waals surface area contributed by atoms with Crippen LogP contribution in [0, 0.1) is 0 Å². The molecule has 1 aliphatic heterocycles. The summed E-state index contributed by atoms with van der Waals surface area (Å²) in [4.78, 5) is 24.9. The molecule has 0 N–H and O–H groups in total. The lowest BCUT2D eigenvalue weighted by atomic mass is 10.1. The van der Waals surface area contributed by atoms with E-state index < -0.39 is 6.04 Å². The van der Waals surface area contributed by atoms with Crippen molar-refractivity contribution >= 4 is 44.3 Å². The number of rotatable bonds is 5. The molecule has 0 saturated heterocycles. The number of hydrogen-bond acceptors (Lipinski definition) is 7. The summed E-state index contributed by atoms with van der Waals surface area (Å²) in [5.41, 5.74) is 3.49. The maximum atomic E-state index is 11.6. The second-order valence-electron chi connectivity index (χ2n) is 5.97. The molecular formula is C19H17N3O2S2. The Balaban J connectivity index is 1.52. The molecular weight excluding hydrogens is 366 g/mol. The minimum atomic E-state index is -0.415. The summed E-state index contributed by atoms with van der Waals surface area (Å²) in [7, 11) is 1.39. The van der Waals surface area contributed by atoms with Gasteiger partial charge in [-0.1, -0.05) is 12.1 Å². The van der Waals surface area contributed by atoms with Gasteiger partial charge in [0.2, 0.25) is 0 Å². The van der Waals surface area contributed by atoms with E-state index in [1.165, 1.54) is 18.2 Å². The number of nitrogens with zero attached hydrogens (tertiary/aromatic N) is 3. The fraction of sp³-hybridized carbons (Fsp3) is 0.263. The van der Waals surface area contributed by atoms with Gasteiger partial charge in [0, 0.05) is 18.1 Å². The molecule has 1 aromatic carbocycles. The Morgan fingerprint density at radius 3 is 2.96 bits per heavy atom. The average Bonchev–Trinajstić information content (AvgIpc) is 3.33. The summed E-state index contributed by atoms with van der Waals surface area (Å²) < 4.78 is 5.92. The van der Waals surface area contributed by atoms with Crippen molar-refractivity contribution < 1.29 is 9.53 Å². The van der Waals surface area contributed by atoms with E-state index in [1.54, 1.807) is 29.3 Å². The third-order valence-corrected chi connectivity index (χ3v) is 6.39. The van der Waals surface area contributed by atoms with Crippen molar-refractivity contribution in [3.05, 3.63) is 58.9 Å². The van der Waals surface area contributed by atoms with E-state index in [1.807, 2.05) is 12.3 Å². The third kappa shape index (κ3) is 3.64. The molecule has 2 aromatic heterocycles. The van der Waals surface area contributed by atoms with Crippen LogP contribution in [-0.2, 0) is 22.4 Å². The number of aryl methyl sites for hydroxylation is 2. The highest BCUT2D eigenvalue weighted by Crippen LogP contribution is 2.30. The number of carbonyl (C=O) groups is 1. The van der Waals surface area contributed by atoms with Crippen molar-refractivity contribution in [3.63, 3.8) is 0 Å². The average molecular weight is 383 g/mol. The molecule has 0 fully saturated rings. The molecule has 7 heteroatoms. The number of carbonyl (C=O) groups excluding carboxylic acids is 1. The fourth-order valence-electron chi connectivity index (χ4n) is 2.80. The summed E-state index contributed by atoms with van der Waals surface area (Å²) in [6.45, 7) is 0. The molecule has 4 rings (SSSR count). The predicted molar refractivity (Wildman–Crippen MR) is 106 cm³/mol. The number of pyridine rings is 1. The van der Waals surface area contributed by atoms with Crippen LogP contribution in [0.1, 0.15) is 16.1 Å². The van der Waals surface area contributed by atoms with Gasteiger partial charge in [0.05, 0.1) is 17.3 Å². The zero-order chi connectivity index (χ0) is 17.9. The Bertz CT molecular complexity index is 969. The van der Waals surface area contributed by atoms with Gasteiger partial charge < -0.3 is 4.74 Å². The minimum Gasteiger partial charge on any atom is -0.467 e. The monoisotopic (exact) mass is 383 g/mol. The number of esters is 1. The van der Waals surface area contributed by atoms with Gasteiger partial charge in [0.15, 0.2) is 6.04 Å². The Labute approximate surface area is 159 Å². The standard InChI is InChI=1S/C19H17N3O2S2/c1-24-19(23)15-11-25-17(22-15)18-21-14-7-6-12(9-16(14)26-18)4-5-13-3-2-8-20-10-13/h2-3,6-10,15H,4-5,11H2,1H3. The maximum Gasteiger partial charge on any atom is 0.331 e. The quantitative estimate of drug-likeness (QED) is 0.631. The van der Waals surface area contributed by atoms with E-state index in [0.29, 0.717) is 5.75 Å². The highest BCUT2D eigenvalue weighted by atomic mass is 32.2. The van der Waals surface area contributed by atoms with E-state index in [-0.39, 0.29) is 5.97 Å². The number of methoxy groups -OCH3 is 1. The number of thioether (sulfide) groups is 1. The van der Waals surface area contributed by atoms with Crippen LogP contribution < -0.4 is 0 Å². The molecule has 1 atom stereocenters. The first kappa shape index (κ1) is 17.2. The third-order valence-electron chi connectivity index (χ3n) is 4.19. The fourth-order valence-corrected chi connectivity index (χ4v) is 4.92. The lowest BCUT2D eigenvalue weighted by molar-refractivity contribution is -0.141. The van der Waals surface area contributed by atoms with Crippen LogP contribution in [0.2, 0.25) is 0 Å². The van der Waals surface area contributed by atoms with E-state index >= 15 is 0 Å². The number of aromatic nitrogens is 2. The molecule has 0 aliphatic carbocycles. The number of ether oxygens (including phenoxy) is 1. The molecule has 5 nitrogen and oxygen atoms in total. The topological polar surface area (TPSA) is 64.4 Å². The highest BCUT2D eigenvalue weighted by molar-refractivity contribution is 8.15. The largest absolute Gasteiger partial charge is 0.467 e. The van der Waals surface area contributed by atoms with Gasteiger partial charge in [-0.25, -0.2) is 9.78 Å². The van der Waals surface area contributed by atoms with Crippen LogP contribution in [0.15, 0.2) is 47.7 Å². The van der Waals surface area contributed by atoms with E-state index in [2.05, 4.69) is 39.2 Å². The van der Waals surface area contributed by atoms with Gasteiger partial charge in [-0.15, -0.1) is 23.1 Å². The molecule has 3 heterocycles. The summed E-state index contributed by atoms with van der Waals surface area (Å²) >= 11 is 3.19. The molecule has 1 unspecified atom stereocenters. The molecule has 0 spiro atoms. The Kier molecular flexibility index (Phi) is 4.99. The van der Waals surface area contributed by atoms with E-state index in [9.17, 15) is 4.79 Å². The number of aliphatic imine (C=N–C) groups is 1. The molecule has 0 amide bonds. The van der Waals surface area contributed by atoms with Crippen molar-refractivity contribution in [2.75, 3.05) is 12.9 Å². The first-order valence-corrected chi connectivity index (χ1v) is 10.1. The lowest BCUT2D eigenvalue weighted by Crippen LogP contribution is -2.19. The predicted octanol–water partition coefficient (Wildman–Crippen LogP) is 3.51. The van der Waals surface area contributed by atoms with Crippen LogP contribution in [-0.4, -0.2) is 39.9 Å². The van der Waals surface area contributed by atoms with Gasteiger partial charge in [-0.05, 0) is 42.2 Å². The van der Waals surface area contributed by atoms with Crippen LogP contribution >= 0.6 is 23.1 Å². The van der Waals surface area contributed by atoms with Gasteiger partial charge in [0.25, 0.3) is 0 Å². The zero-order valence-corrected chi connectivity index (χ0v) is 15.8. The Morgan fingerprint density at radius 2 is 2.15 bits per heavy atom. The first-order chi connectivity index (χ1) is 12.7. The molecule has 3 aromatic rings. The van der Waals surface area contributed by atoms with Crippen LogP contribution in [0.3, 0.4) is 0 Å². The summed E-state index contributed by atoms with van der Waals surface area (Å²) in [6, 6.07) is 10.0. The zero-order valence-electron chi connectivity index (χ0n) is 14.2. The highest BCUT2D eigenvalue weighted by Gasteiger charge is 2.27. The summed E-state index contributed by atoms with van der Waals surface area (Å²) in [5, 5.41) is 1.71.